The summed E-state index contributed by atoms with van der Waals surface area (Å²) in [6.45, 7) is 0.410. The molecule has 3 rings (SSSR count). The third-order valence-corrected chi connectivity index (χ3v) is 5.55. The van der Waals surface area contributed by atoms with Crippen LogP contribution in [0.4, 0.5) is 5.82 Å². The number of nitrogens with one attached hydrogen (secondary N) is 2. The maximum absolute atomic E-state index is 12.2. The van der Waals surface area contributed by atoms with Crippen molar-refractivity contribution in [2.75, 3.05) is 16.8 Å². The van der Waals surface area contributed by atoms with E-state index < -0.39 is 9.84 Å². The van der Waals surface area contributed by atoms with E-state index in [4.69, 9.17) is 0 Å². The van der Waals surface area contributed by atoms with Crippen LogP contribution in [0.25, 0.3) is 0 Å². The lowest BCUT2D eigenvalue weighted by Gasteiger charge is -2.12. The molecule has 1 atom stereocenters. The van der Waals surface area contributed by atoms with Crippen LogP contribution in [0.1, 0.15) is 22.5 Å². The summed E-state index contributed by atoms with van der Waals surface area (Å²) in [4.78, 5) is 20.2. The second-order valence-corrected chi connectivity index (χ2v) is 7.93. The zero-order chi connectivity index (χ0) is 17.0. The van der Waals surface area contributed by atoms with Gasteiger partial charge in [0.1, 0.15) is 17.8 Å². The van der Waals surface area contributed by atoms with Gasteiger partial charge in [0.25, 0.3) is 5.91 Å². The Kier molecular flexibility index (Phi) is 4.75. The first-order chi connectivity index (χ1) is 11.5. The Balaban J connectivity index is 1.61. The zero-order valence-corrected chi connectivity index (χ0v) is 13.8. The van der Waals surface area contributed by atoms with Crippen LogP contribution in [0.15, 0.2) is 42.7 Å². The average molecular weight is 346 g/mol. The van der Waals surface area contributed by atoms with Crippen molar-refractivity contribution in [3.8, 4) is 0 Å². The van der Waals surface area contributed by atoms with Crippen molar-refractivity contribution in [1.82, 2.24) is 15.3 Å². The average Bonchev–Trinajstić information content (AvgIpc) is 2.92. The van der Waals surface area contributed by atoms with Crippen LogP contribution in [-0.4, -0.2) is 41.8 Å². The van der Waals surface area contributed by atoms with Gasteiger partial charge in [0.15, 0.2) is 9.84 Å². The first kappa shape index (κ1) is 16.4. The minimum absolute atomic E-state index is 0.0898. The second kappa shape index (κ2) is 6.96. The van der Waals surface area contributed by atoms with E-state index in [1.165, 1.54) is 12.4 Å². The third kappa shape index (κ3) is 4.29. The molecule has 1 aromatic heterocycles. The second-order valence-electron chi connectivity index (χ2n) is 5.70. The first-order valence-corrected chi connectivity index (χ1v) is 9.45. The first-order valence-electron chi connectivity index (χ1n) is 7.63. The number of carbonyl (C=O) groups excluding carboxylic acids is 1. The molecule has 1 fully saturated rings. The Labute approximate surface area is 140 Å². The lowest BCUT2D eigenvalue weighted by atomic mass is 10.2. The monoisotopic (exact) mass is 346 g/mol. The fraction of sp³-hybridized carbons (Fsp3) is 0.312. The van der Waals surface area contributed by atoms with Gasteiger partial charge >= 0.3 is 0 Å². The van der Waals surface area contributed by atoms with E-state index in [2.05, 4.69) is 20.6 Å². The van der Waals surface area contributed by atoms with E-state index in [9.17, 15) is 13.2 Å². The molecule has 1 aromatic carbocycles. The van der Waals surface area contributed by atoms with Gasteiger partial charge in [-0.25, -0.2) is 18.4 Å². The van der Waals surface area contributed by atoms with Crippen LogP contribution in [0.3, 0.4) is 0 Å². The fourth-order valence-electron chi connectivity index (χ4n) is 2.55. The van der Waals surface area contributed by atoms with E-state index in [0.717, 1.165) is 5.56 Å². The number of nitrogens with zero attached hydrogens (tertiary/aromatic N) is 2. The minimum Gasteiger partial charge on any atom is -0.366 e. The van der Waals surface area contributed by atoms with E-state index in [1.54, 1.807) is 0 Å². The highest BCUT2D eigenvalue weighted by Crippen LogP contribution is 2.16. The standard InChI is InChI=1S/C16H18N4O3S/c21-16(17-9-12-4-2-1-3-5-12)14-8-15(19-11-18-14)20-13-6-7-24(22,23)10-13/h1-5,8,11,13H,6-7,9-10H2,(H,17,21)(H,18,19,20). The summed E-state index contributed by atoms with van der Waals surface area (Å²) in [5.74, 6) is 0.424. The molecular formula is C16H18N4O3S. The molecule has 126 valence electrons. The Hall–Kier alpha value is -2.48. The van der Waals surface area contributed by atoms with Crippen molar-refractivity contribution in [2.24, 2.45) is 0 Å². The lowest BCUT2D eigenvalue weighted by Crippen LogP contribution is -2.25. The van der Waals surface area contributed by atoms with Gasteiger partial charge in [-0.05, 0) is 12.0 Å². The van der Waals surface area contributed by atoms with Gasteiger partial charge in [0, 0.05) is 18.7 Å². The minimum atomic E-state index is -2.97. The van der Waals surface area contributed by atoms with Crippen LogP contribution >= 0.6 is 0 Å². The molecule has 1 aliphatic rings. The smallest absolute Gasteiger partial charge is 0.270 e. The van der Waals surface area contributed by atoms with Crippen LogP contribution < -0.4 is 10.6 Å². The molecule has 0 radical (unpaired) electrons. The van der Waals surface area contributed by atoms with Crippen molar-refractivity contribution in [2.45, 2.75) is 19.0 Å². The number of hydrogen-bond donors (Lipinski definition) is 2. The SMILES string of the molecule is O=C(NCc1ccccc1)c1cc(NC2CCS(=O)(=O)C2)ncn1. The highest BCUT2D eigenvalue weighted by atomic mass is 32.2. The number of sulfone groups is 1. The van der Waals surface area contributed by atoms with Gasteiger partial charge < -0.3 is 10.6 Å². The summed E-state index contributed by atoms with van der Waals surface area (Å²) >= 11 is 0. The van der Waals surface area contributed by atoms with Gasteiger partial charge in [-0.1, -0.05) is 30.3 Å². The molecule has 0 aliphatic carbocycles. The molecular weight excluding hydrogens is 328 g/mol. The molecule has 1 saturated heterocycles. The van der Waals surface area contributed by atoms with E-state index in [-0.39, 0.29) is 29.1 Å². The zero-order valence-electron chi connectivity index (χ0n) is 13.0. The molecule has 1 unspecified atom stereocenters. The van der Waals surface area contributed by atoms with Crippen molar-refractivity contribution in [3.63, 3.8) is 0 Å². The van der Waals surface area contributed by atoms with Gasteiger partial charge in [0.2, 0.25) is 0 Å². The summed E-state index contributed by atoms with van der Waals surface area (Å²) in [7, 11) is -2.97. The number of amides is 1. The predicted octanol–water partition coefficient (Wildman–Crippen LogP) is 1.01. The van der Waals surface area contributed by atoms with Crippen molar-refractivity contribution >= 4 is 21.6 Å². The maximum atomic E-state index is 12.2. The molecule has 2 N–H and O–H groups in total. The Bertz CT molecular complexity index is 824. The van der Waals surface area contributed by atoms with Crippen molar-refractivity contribution < 1.29 is 13.2 Å². The van der Waals surface area contributed by atoms with Gasteiger partial charge in [-0.15, -0.1) is 0 Å². The topological polar surface area (TPSA) is 101 Å². The predicted molar refractivity (Wildman–Crippen MR) is 90.3 cm³/mol. The molecule has 2 aromatic rings. The van der Waals surface area contributed by atoms with Crippen LogP contribution in [-0.2, 0) is 16.4 Å². The largest absolute Gasteiger partial charge is 0.366 e. The summed E-state index contributed by atoms with van der Waals surface area (Å²) in [6, 6.07) is 10.9. The number of hydrogen-bond acceptors (Lipinski definition) is 6. The number of aromatic nitrogens is 2. The van der Waals surface area contributed by atoms with Crippen molar-refractivity contribution in [1.29, 1.82) is 0 Å². The molecule has 24 heavy (non-hydrogen) atoms. The molecule has 1 amide bonds. The highest BCUT2D eigenvalue weighted by molar-refractivity contribution is 7.91. The molecule has 0 saturated carbocycles. The van der Waals surface area contributed by atoms with Gasteiger partial charge in [-0.2, -0.15) is 0 Å². The quantitative estimate of drug-likeness (QED) is 0.838. The highest BCUT2D eigenvalue weighted by Gasteiger charge is 2.28. The summed E-state index contributed by atoms with van der Waals surface area (Å²) < 4.78 is 23.0. The molecule has 7 nitrogen and oxygen atoms in total. The van der Waals surface area contributed by atoms with E-state index in [1.807, 2.05) is 30.3 Å². The number of carbonyl (C=O) groups is 1. The third-order valence-electron chi connectivity index (χ3n) is 3.78. The van der Waals surface area contributed by atoms with E-state index >= 15 is 0 Å². The summed E-state index contributed by atoms with van der Waals surface area (Å²) in [5.41, 5.74) is 1.23. The van der Waals surface area contributed by atoms with Crippen LogP contribution in [0, 0.1) is 0 Å². The van der Waals surface area contributed by atoms with Gasteiger partial charge in [-0.3, -0.25) is 4.79 Å². The Morgan fingerprint density at radius 2 is 2.00 bits per heavy atom. The van der Waals surface area contributed by atoms with Crippen LogP contribution in [0.5, 0.6) is 0 Å². The lowest BCUT2D eigenvalue weighted by molar-refractivity contribution is 0.0945. The molecule has 0 spiro atoms. The molecule has 2 heterocycles. The Morgan fingerprint density at radius 3 is 2.71 bits per heavy atom. The fourth-order valence-corrected chi connectivity index (χ4v) is 4.22. The summed E-state index contributed by atoms with van der Waals surface area (Å²) in [5, 5.41) is 5.85. The number of benzene rings is 1. The maximum Gasteiger partial charge on any atom is 0.270 e. The van der Waals surface area contributed by atoms with Crippen molar-refractivity contribution in [3.05, 3.63) is 54.0 Å². The number of rotatable bonds is 5. The van der Waals surface area contributed by atoms with E-state index in [0.29, 0.717) is 18.8 Å². The molecule has 8 heteroatoms. The normalized spacial score (nSPS) is 18.9. The molecule has 0 bridgehead atoms. The van der Waals surface area contributed by atoms with Crippen LogP contribution in [0.2, 0.25) is 0 Å². The number of anilines is 1. The molecule has 1 aliphatic heterocycles. The Morgan fingerprint density at radius 1 is 1.21 bits per heavy atom. The summed E-state index contributed by atoms with van der Waals surface area (Å²) in [6.07, 6.45) is 1.84. The van der Waals surface area contributed by atoms with Gasteiger partial charge in [0.05, 0.1) is 11.5 Å².